The number of ether oxygens (including phenoxy) is 1. The standard InChI is InChI=1S/C16H11BrCl2N2O2/c1-9(22)21-16(10-4-2-5-11(17)8-10)23-15(20-21)12-6-3-7-13(18)14(12)19/h2-8,16H,1H3. The van der Waals surface area contributed by atoms with Gasteiger partial charge in [-0.25, -0.2) is 0 Å². The Morgan fingerprint density at radius 1 is 1.26 bits per heavy atom. The summed E-state index contributed by atoms with van der Waals surface area (Å²) < 4.78 is 6.77. The molecule has 3 rings (SSSR count). The molecule has 0 fully saturated rings. The molecule has 23 heavy (non-hydrogen) atoms. The molecule has 0 aliphatic carbocycles. The molecule has 1 amide bonds. The summed E-state index contributed by atoms with van der Waals surface area (Å²) in [5.41, 5.74) is 1.34. The first-order chi connectivity index (χ1) is 11.0. The predicted molar refractivity (Wildman–Crippen MR) is 93.5 cm³/mol. The van der Waals surface area contributed by atoms with E-state index in [0.29, 0.717) is 15.6 Å². The van der Waals surface area contributed by atoms with Crippen LogP contribution in [0.15, 0.2) is 52.0 Å². The van der Waals surface area contributed by atoms with E-state index in [9.17, 15) is 4.79 Å². The van der Waals surface area contributed by atoms with Crippen molar-refractivity contribution in [2.75, 3.05) is 0 Å². The van der Waals surface area contributed by atoms with E-state index in [-0.39, 0.29) is 11.8 Å². The molecule has 0 saturated carbocycles. The Hall–Kier alpha value is -1.56. The Bertz CT molecular complexity index is 810. The first kappa shape index (κ1) is 16.3. The number of carbonyl (C=O) groups excluding carboxylic acids is 1. The van der Waals surface area contributed by atoms with Gasteiger partial charge in [-0.05, 0) is 24.3 Å². The van der Waals surface area contributed by atoms with Crippen molar-refractivity contribution in [2.45, 2.75) is 13.2 Å². The van der Waals surface area contributed by atoms with Gasteiger partial charge in [0.2, 0.25) is 18.0 Å². The summed E-state index contributed by atoms with van der Waals surface area (Å²) in [5.74, 6) is 0.0285. The van der Waals surface area contributed by atoms with Crippen LogP contribution in [0.25, 0.3) is 0 Å². The van der Waals surface area contributed by atoms with Gasteiger partial charge in [0.1, 0.15) is 0 Å². The zero-order valence-corrected chi connectivity index (χ0v) is 15.1. The van der Waals surface area contributed by atoms with Gasteiger partial charge in [-0.3, -0.25) is 4.79 Å². The number of carbonyl (C=O) groups is 1. The number of nitrogens with zero attached hydrogens (tertiary/aromatic N) is 2. The largest absolute Gasteiger partial charge is 0.446 e. The summed E-state index contributed by atoms with van der Waals surface area (Å²) in [6.45, 7) is 1.43. The number of hydrogen-bond donors (Lipinski definition) is 0. The van der Waals surface area contributed by atoms with Crippen LogP contribution in [-0.2, 0) is 9.53 Å². The van der Waals surface area contributed by atoms with Gasteiger partial charge in [0.25, 0.3) is 0 Å². The zero-order chi connectivity index (χ0) is 16.6. The van der Waals surface area contributed by atoms with E-state index in [1.807, 2.05) is 24.3 Å². The van der Waals surface area contributed by atoms with Crippen molar-refractivity contribution in [1.29, 1.82) is 0 Å². The molecular weight excluding hydrogens is 403 g/mol. The average molecular weight is 414 g/mol. The van der Waals surface area contributed by atoms with Gasteiger partial charge in [0.15, 0.2) is 0 Å². The first-order valence-corrected chi connectivity index (χ1v) is 8.27. The van der Waals surface area contributed by atoms with E-state index in [2.05, 4.69) is 21.0 Å². The third-order valence-corrected chi connectivity index (χ3v) is 4.59. The van der Waals surface area contributed by atoms with E-state index in [4.69, 9.17) is 27.9 Å². The van der Waals surface area contributed by atoms with Gasteiger partial charge in [-0.15, -0.1) is 5.10 Å². The van der Waals surface area contributed by atoms with Gasteiger partial charge in [-0.2, -0.15) is 5.01 Å². The lowest BCUT2D eigenvalue weighted by Crippen LogP contribution is -2.25. The monoisotopic (exact) mass is 412 g/mol. The fourth-order valence-corrected chi connectivity index (χ4v) is 3.02. The molecule has 1 aliphatic heterocycles. The highest BCUT2D eigenvalue weighted by atomic mass is 79.9. The van der Waals surface area contributed by atoms with Crippen LogP contribution in [0.5, 0.6) is 0 Å². The SMILES string of the molecule is CC(=O)N1N=C(c2cccc(Cl)c2Cl)OC1c1cccc(Br)c1. The molecule has 0 N–H and O–H groups in total. The van der Waals surface area contributed by atoms with E-state index in [1.54, 1.807) is 18.2 Å². The third-order valence-electron chi connectivity index (χ3n) is 3.28. The molecule has 0 spiro atoms. The van der Waals surface area contributed by atoms with Gasteiger partial charge in [-0.1, -0.05) is 57.3 Å². The highest BCUT2D eigenvalue weighted by Crippen LogP contribution is 2.34. The molecule has 0 aromatic heterocycles. The highest BCUT2D eigenvalue weighted by molar-refractivity contribution is 9.10. The minimum atomic E-state index is -0.643. The summed E-state index contributed by atoms with van der Waals surface area (Å²) in [6, 6.07) is 12.7. The molecule has 118 valence electrons. The Balaban J connectivity index is 2.01. The summed E-state index contributed by atoms with van der Waals surface area (Å²) >= 11 is 15.7. The first-order valence-electron chi connectivity index (χ1n) is 6.72. The maximum atomic E-state index is 11.9. The van der Waals surface area contributed by atoms with Crippen LogP contribution in [0.1, 0.15) is 24.3 Å². The Morgan fingerprint density at radius 2 is 2.00 bits per heavy atom. The molecule has 1 aliphatic rings. The van der Waals surface area contributed by atoms with E-state index in [0.717, 1.165) is 10.0 Å². The van der Waals surface area contributed by atoms with Crippen molar-refractivity contribution in [3.8, 4) is 0 Å². The molecule has 4 nitrogen and oxygen atoms in total. The number of hydrazone groups is 1. The van der Waals surface area contributed by atoms with Crippen LogP contribution < -0.4 is 0 Å². The van der Waals surface area contributed by atoms with Crippen LogP contribution in [0, 0.1) is 0 Å². The Labute approximate surface area is 151 Å². The van der Waals surface area contributed by atoms with Crippen molar-refractivity contribution >= 4 is 50.9 Å². The number of rotatable bonds is 2. The van der Waals surface area contributed by atoms with Crippen LogP contribution in [0.3, 0.4) is 0 Å². The quantitative estimate of drug-likeness (QED) is 0.695. The van der Waals surface area contributed by atoms with Gasteiger partial charge >= 0.3 is 0 Å². The topological polar surface area (TPSA) is 41.9 Å². The molecular formula is C16H11BrCl2N2O2. The molecule has 0 saturated heterocycles. The predicted octanol–water partition coefficient (Wildman–Crippen LogP) is 5.00. The van der Waals surface area contributed by atoms with Crippen molar-refractivity contribution in [2.24, 2.45) is 5.10 Å². The molecule has 1 atom stereocenters. The normalized spacial score (nSPS) is 17.0. The second kappa shape index (κ2) is 6.51. The lowest BCUT2D eigenvalue weighted by Gasteiger charge is -2.19. The van der Waals surface area contributed by atoms with Gasteiger partial charge in [0.05, 0.1) is 15.6 Å². The number of halogens is 3. The fourth-order valence-electron chi connectivity index (χ4n) is 2.22. The maximum Gasteiger partial charge on any atom is 0.243 e. The maximum absolute atomic E-state index is 11.9. The molecule has 1 heterocycles. The van der Waals surface area contributed by atoms with E-state index >= 15 is 0 Å². The lowest BCUT2D eigenvalue weighted by molar-refractivity contribution is -0.135. The van der Waals surface area contributed by atoms with Crippen LogP contribution >= 0.6 is 39.1 Å². The molecule has 7 heteroatoms. The van der Waals surface area contributed by atoms with Crippen molar-refractivity contribution < 1.29 is 9.53 Å². The fraction of sp³-hybridized carbons (Fsp3) is 0.125. The van der Waals surface area contributed by atoms with Crippen LogP contribution in [0.4, 0.5) is 0 Å². The second-order valence-corrected chi connectivity index (χ2v) is 6.60. The highest BCUT2D eigenvalue weighted by Gasteiger charge is 2.34. The lowest BCUT2D eigenvalue weighted by atomic mass is 10.2. The minimum absolute atomic E-state index is 0.233. The second-order valence-electron chi connectivity index (χ2n) is 4.90. The molecule has 0 bridgehead atoms. The number of amides is 1. The van der Waals surface area contributed by atoms with Crippen LogP contribution in [0.2, 0.25) is 10.0 Å². The van der Waals surface area contributed by atoms with Crippen molar-refractivity contribution in [3.05, 3.63) is 68.1 Å². The summed E-state index contributed by atoms with van der Waals surface area (Å²) in [7, 11) is 0. The van der Waals surface area contributed by atoms with Gasteiger partial charge in [0, 0.05) is 17.0 Å². The van der Waals surface area contributed by atoms with Crippen molar-refractivity contribution in [1.82, 2.24) is 5.01 Å². The number of hydrogen-bond acceptors (Lipinski definition) is 3. The van der Waals surface area contributed by atoms with Crippen molar-refractivity contribution in [3.63, 3.8) is 0 Å². The Kier molecular flexibility index (Phi) is 4.62. The van der Waals surface area contributed by atoms with Gasteiger partial charge < -0.3 is 4.74 Å². The number of benzene rings is 2. The van der Waals surface area contributed by atoms with Crippen LogP contribution in [-0.4, -0.2) is 16.8 Å². The molecule has 2 aromatic rings. The van der Waals surface area contributed by atoms with E-state index < -0.39 is 6.23 Å². The smallest absolute Gasteiger partial charge is 0.243 e. The molecule has 2 aromatic carbocycles. The molecule has 0 radical (unpaired) electrons. The zero-order valence-electron chi connectivity index (χ0n) is 12.0. The summed E-state index contributed by atoms with van der Waals surface area (Å²) in [6.07, 6.45) is -0.643. The van der Waals surface area contributed by atoms with E-state index in [1.165, 1.54) is 11.9 Å². The molecule has 1 unspecified atom stereocenters. The third kappa shape index (κ3) is 3.22. The Morgan fingerprint density at radius 3 is 2.70 bits per heavy atom. The average Bonchev–Trinajstić information content (AvgIpc) is 2.95. The summed E-state index contributed by atoms with van der Waals surface area (Å²) in [4.78, 5) is 11.9. The summed E-state index contributed by atoms with van der Waals surface area (Å²) in [5, 5.41) is 6.29. The minimum Gasteiger partial charge on any atom is -0.446 e.